The molecule has 0 bridgehead atoms. The maximum Gasteiger partial charge on any atom is 0.0422 e. The van der Waals surface area contributed by atoms with E-state index in [4.69, 9.17) is 0 Å². The van der Waals surface area contributed by atoms with Crippen LogP contribution in [-0.2, 0) is 0 Å². The number of benzene rings is 1. The van der Waals surface area contributed by atoms with Crippen LogP contribution >= 0.6 is 0 Å². The van der Waals surface area contributed by atoms with Crippen molar-refractivity contribution in [1.29, 1.82) is 0 Å². The molecule has 0 amide bonds. The van der Waals surface area contributed by atoms with E-state index in [2.05, 4.69) is 23.5 Å². The molecule has 0 heterocycles. The molecule has 1 nitrogen and oxygen atoms in total. The van der Waals surface area contributed by atoms with E-state index in [0.717, 1.165) is 5.69 Å². The van der Waals surface area contributed by atoms with Crippen molar-refractivity contribution in [3.63, 3.8) is 0 Å². The van der Waals surface area contributed by atoms with Gasteiger partial charge in [0.25, 0.3) is 0 Å². The molecule has 1 saturated carbocycles. The first-order valence-corrected chi connectivity index (χ1v) is 5.18. The van der Waals surface area contributed by atoms with Crippen LogP contribution in [0.5, 0.6) is 0 Å². The average molecular weight is 174 g/mol. The molecule has 1 aliphatic rings. The lowest BCUT2D eigenvalue weighted by Gasteiger charge is -2.23. The van der Waals surface area contributed by atoms with Crippen LogP contribution in [0, 0.1) is 6.07 Å². The van der Waals surface area contributed by atoms with Crippen LogP contribution in [0.15, 0.2) is 24.3 Å². The summed E-state index contributed by atoms with van der Waals surface area (Å²) in [6.45, 7) is 0. The molecule has 2 rings (SSSR count). The van der Waals surface area contributed by atoms with Gasteiger partial charge in [-0.2, -0.15) is 0 Å². The molecule has 1 N–H and O–H groups in total. The Bertz CT molecular complexity index is 237. The Balaban J connectivity index is 1.90. The average Bonchev–Trinajstić information content (AvgIpc) is 2.21. The molecule has 0 unspecified atom stereocenters. The topological polar surface area (TPSA) is 12.0 Å². The molecule has 0 atom stereocenters. The molecule has 1 heteroatoms. The number of hydrogen-bond donors (Lipinski definition) is 1. The fraction of sp³-hybridized carbons (Fsp3) is 0.500. The Kier molecular flexibility index (Phi) is 2.86. The lowest BCUT2D eigenvalue weighted by atomic mass is 9.95. The van der Waals surface area contributed by atoms with Gasteiger partial charge in [-0.05, 0) is 18.9 Å². The Morgan fingerprint density at radius 3 is 2.69 bits per heavy atom. The summed E-state index contributed by atoms with van der Waals surface area (Å²) >= 11 is 0. The van der Waals surface area contributed by atoms with Crippen LogP contribution in [0.25, 0.3) is 0 Å². The van der Waals surface area contributed by atoms with Crippen LogP contribution in [0.3, 0.4) is 0 Å². The van der Waals surface area contributed by atoms with Crippen LogP contribution in [0.4, 0.5) is 5.69 Å². The minimum atomic E-state index is 0.687. The van der Waals surface area contributed by atoms with Gasteiger partial charge in [0, 0.05) is 17.8 Å². The molecular formula is C12H16N. The summed E-state index contributed by atoms with van der Waals surface area (Å²) in [7, 11) is 0. The lowest BCUT2D eigenvalue weighted by molar-refractivity contribution is 0.462. The molecule has 1 radical (unpaired) electrons. The van der Waals surface area contributed by atoms with Gasteiger partial charge in [-0.15, -0.1) is 0 Å². The van der Waals surface area contributed by atoms with Gasteiger partial charge in [-0.1, -0.05) is 37.5 Å². The molecule has 69 valence electrons. The van der Waals surface area contributed by atoms with E-state index in [1.54, 1.807) is 0 Å². The van der Waals surface area contributed by atoms with E-state index in [-0.39, 0.29) is 0 Å². The second kappa shape index (κ2) is 4.31. The summed E-state index contributed by atoms with van der Waals surface area (Å²) < 4.78 is 0. The molecular weight excluding hydrogens is 158 g/mol. The van der Waals surface area contributed by atoms with Crippen molar-refractivity contribution >= 4 is 5.69 Å². The Labute approximate surface area is 80.2 Å². The number of hydrogen-bond acceptors (Lipinski definition) is 1. The van der Waals surface area contributed by atoms with Crippen molar-refractivity contribution in [3.8, 4) is 0 Å². The quantitative estimate of drug-likeness (QED) is 0.725. The maximum absolute atomic E-state index is 3.53. The summed E-state index contributed by atoms with van der Waals surface area (Å²) in [5.74, 6) is 0. The van der Waals surface area contributed by atoms with Crippen LogP contribution in [-0.4, -0.2) is 6.04 Å². The van der Waals surface area contributed by atoms with E-state index >= 15 is 0 Å². The van der Waals surface area contributed by atoms with Crippen LogP contribution in [0.1, 0.15) is 32.1 Å². The van der Waals surface area contributed by atoms with E-state index in [1.807, 2.05) is 12.1 Å². The van der Waals surface area contributed by atoms with Crippen molar-refractivity contribution in [3.05, 3.63) is 30.3 Å². The van der Waals surface area contributed by atoms with Crippen LogP contribution < -0.4 is 5.32 Å². The smallest absolute Gasteiger partial charge is 0.0422 e. The third-order valence-corrected chi connectivity index (χ3v) is 2.67. The molecule has 0 spiro atoms. The maximum atomic E-state index is 3.53. The van der Waals surface area contributed by atoms with Gasteiger partial charge >= 0.3 is 0 Å². The molecule has 0 aliphatic heterocycles. The normalized spacial score (nSPS) is 18.5. The molecule has 1 aromatic rings. The van der Waals surface area contributed by atoms with Gasteiger partial charge in [0.1, 0.15) is 0 Å². The fourth-order valence-corrected chi connectivity index (χ4v) is 1.95. The van der Waals surface area contributed by atoms with Crippen molar-refractivity contribution < 1.29 is 0 Å². The zero-order valence-corrected chi connectivity index (χ0v) is 7.92. The first-order valence-electron chi connectivity index (χ1n) is 5.18. The van der Waals surface area contributed by atoms with E-state index < -0.39 is 0 Å². The highest BCUT2D eigenvalue weighted by Gasteiger charge is 2.12. The predicted molar refractivity (Wildman–Crippen MR) is 55.8 cm³/mol. The molecule has 0 saturated heterocycles. The SMILES string of the molecule is [c]1ccccc1NC1CCCCC1. The summed E-state index contributed by atoms with van der Waals surface area (Å²) in [6, 6.07) is 12.0. The monoisotopic (exact) mass is 174 g/mol. The second-order valence-corrected chi connectivity index (χ2v) is 3.76. The molecule has 1 aliphatic carbocycles. The van der Waals surface area contributed by atoms with Crippen molar-refractivity contribution in [1.82, 2.24) is 0 Å². The summed E-state index contributed by atoms with van der Waals surface area (Å²) in [5, 5.41) is 3.53. The highest BCUT2D eigenvalue weighted by atomic mass is 14.9. The largest absolute Gasteiger partial charge is 0.382 e. The first kappa shape index (κ1) is 8.61. The molecule has 1 aromatic carbocycles. The number of anilines is 1. The highest BCUT2D eigenvalue weighted by molar-refractivity contribution is 5.42. The van der Waals surface area contributed by atoms with Gasteiger partial charge in [-0.3, -0.25) is 0 Å². The molecule has 13 heavy (non-hydrogen) atoms. The standard InChI is InChI=1S/C12H16N/c1-3-7-11(8-4-1)13-12-9-5-2-6-10-12/h1,3-4,7,12-13H,2,5-6,9-10H2. The van der Waals surface area contributed by atoms with Gasteiger partial charge in [0.2, 0.25) is 0 Å². The second-order valence-electron chi connectivity index (χ2n) is 3.76. The van der Waals surface area contributed by atoms with Gasteiger partial charge < -0.3 is 5.32 Å². The van der Waals surface area contributed by atoms with Crippen molar-refractivity contribution in [2.75, 3.05) is 5.32 Å². The van der Waals surface area contributed by atoms with Gasteiger partial charge in [-0.25, -0.2) is 0 Å². The van der Waals surface area contributed by atoms with E-state index in [1.165, 1.54) is 32.1 Å². The Morgan fingerprint density at radius 1 is 1.15 bits per heavy atom. The Hall–Kier alpha value is -0.980. The number of para-hydroxylation sites is 1. The number of nitrogens with one attached hydrogen (secondary N) is 1. The van der Waals surface area contributed by atoms with E-state index in [9.17, 15) is 0 Å². The third kappa shape index (κ3) is 2.48. The van der Waals surface area contributed by atoms with Gasteiger partial charge in [0.15, 0.2) is 0 Å². The minimum Gasteiger partial charge on any atom is -0.382 e. The third-order valence-electron chi connectivity index (χ3n) is 2.67. The van der Waals surface area contributed by atoms with Gasteiger partial charge in [0.05, 0.1) is 0 Å². The fourth-order valence-electron chi connectivity index (χ4n) is 1.95. The Morgan fingerprint density at radius 2 is 2.00 bits per heavy atom. The predicted octanol–water partition coefficient (Wildman–Crippen LogP) is 3.23. The zero-order chi connectivity index (χ0) is 8.93. The van der Waals surface area contributed by atoms with Crippen molar-refractivity contribution in [2.24, 2.45) is 0 Å². The van der Waals surface area contributed by atoms with Crippen molar-refractivity contribution in [2.45, 2.75) is 38.1 Å². The van der Waals surface area contributed by atoms with E-state index in [0.29, 0.717) is 6.04 Å². The lowest BCUT2D eigenvalue weighted by Crippen LogP contribution is -2.22. The number of rotatable bonds is 2. The first-order chi connectivity index (χ1) is 6.45. The zero-order valence-electron chi connectivity index (χ0n) is 7.92. The molecule has 0 aromatic heterocycles. The highest BCUT2D eigenvalue weighted by Crippen LogP contribution is 2.20. The summed E-state index contributed by atoms with van der Waals surface area (Å²) in [6.07, 6.45) is 6.82. The summed E-state index contributed by atoms with van der Waals surface area (Å²) in [5.41, 5.74) is 1.15. The van der Waals surface area contributed by atoms with Crippen LogP contribution in [0.2, 0.25) is 0 Å². The minimum absolute atomic E-state index is 0.687. The summed E-state index contributed by atoms with van der Waals surface area (Å²) in [4.78, 5) is 0. The molecule has 1 fully saturated rings.